The van der Waals surface area contributed by atoms with E-state index in [0.29, 0.717) is 24.2 Å². The van der Waals surface area contributed by atoms with Crippen molar-refractivity contribution in [3.8, 4) is 5.69 Å². The van der Waals surface area contributed by atoms with Gasteiger partial charge in [-0.3, -0.25) is 23.6 Å². The summed E-state index contributed by atoms with van der Waals surface area (Å²) in [4.78, 5) is 70.0. The molecule has 40 heavy (non-hydrogen) atoms. The lowest BCUT2D eigenvalue weighted by atomic mass is 10.1. The molecule has 2 rings (SSSR count). The number of aliphatic carboxylic acids is 3. The first-order chi connectivity index (χ1) is 19.0. The van der Waals surface area contributed by atoms with Crippen LogP contribution in [0.15, 0.2) is 30.5 Å². The van der Waals surface area contributed by atoms with E-state index in [1.807, 2.05) is 5.32 Å². The topological polar surface area (TPSA) is 230 Å². The minimum Gasteiger partial charge on any atom is -0.481 e. The summed E-state index contributed by atoms with van der Waals surface area (Å²) in [7, 11) is 0. The van der Waals surface area contributed by atoms with Crippen molar-refractivity contribution in [2.24, 2.45) is 0 Å². The normalized spacial score (nSPS) is 12.1. The minimum atomic E-state index is -1.68. The lowest BCUT2D eigenvalue weighted by Gasteiger charge is -2.17. The number of benzene rings is 1. The molecule has 0 bridgehead atoms. The summed E-state index contributed by atoms with van der Waals surface area (Å²) in [5.74, 6) is -6.61. The first kappa shape index (κ1) is 31.3. The molecular formula is C24H29FN6O9. The SMILES string of the molecule is O=C(O)CCC(NC(=O)CC(NC(=O)CCNC(=O)c1ccc(-n2cc(CCCF)nn2)cc1)C(=O)O)C(=O)O. The third kappa shape index (κ3) is 10.5. The number of hydrogen-bond donors (Lipinski definition) is 6. The van der Waals surface area contributed by atoms with E-state index in [2.05, 4.69) is 20.9 Å². The van der Waals surface area contributed by atoms with E-state index >= 15 is 0 Å². The molecule has 0 saturated carbocycles. The summed E-state index contributed by atoms with van der Waals surface area (Å²) in [5, 5.41) is 41.7. The summed E-state index contributed by atoms with van der Waals surface area (Å²) < 4.78 is 13.8. The Hall–Kier alpha value is -4.89. The number of aromatic nitrogens is 3. The molecule has 0 fully saturated rings. The van der Waals surface area contributed by atoms with Gasteiger partial charge in [0.15, 0.2) is 0 Å². The van der Waals surface area contributed by atoms with E-state index in [1.165, 1.54) is 16.8 Å². The lowest BCUT2D eigenvalue weighted by Crippen LogP contribution is -2.47. The van der Waals surface area contributed by atoms with Crippen molar-refractivity contribution in [3.63, 3.8) is 0 Å². The first-order valence-corrected chi connectivity index (χ1v) is 12.1. The highest BCUT2D eigenvalue weighted by molar-refractivity contribution is 5.95. The molecule has 16 heteroatoms. The van der Waals surface area contributed by atoms with Gasteiger partial charge in [0, 0.05) is 24.9 Å². The highest BCUT2D eigenvalue weighted by Gasteiger charge is 2.27. The standard InChI is InChI=1S/C24H29FN6O9/c25-10-1-2-15-13-31(30-29-15)16-5-3-14(4-6-16)22(36)26-11-9-19(32)28-18(24(39)40)12-20(33)27-17(23(37)38)7-8-21(34)35/h3-6,13,17-18H,1-2,7-12H2,(H,26,36)(H,27,33)(H,28,32)(H,34,35)(H,37,38)(H,39,40). The zero-order valence-corrected chi connectivity index (χ0v) is 21.2. The molecule has 216 valence electrons. The predicted molar refractivity (Wildman–Crippen MR) is 133 cm³/mol. The van der Waals surface area contributed by atoms with Gasteiger partial charge in [0.25, 0.3) is 5.91 Å². The number of carbonyl (C=O) groups is 6. The number of alkyl halides is 1. The van der Waals surface area contributed by atoms with Crippen LogP contribution in [0.25, 0.3) is 5.69 Å². The molecule has 0 aliphatic rings. The molecular weight excluding hydrogens is 535 g/mol. The van der Waals surface area contributed by atoms with Gasteiger partial charge in [-0.15, -0.1) is 5.10 Å². The Kier molecular flexibility index (Phi) is 12.1. The Morgan fingerprint density at radius 1 is 0.900 bits per heavy atom. The van der Waals surface area contributed by atoms with Gasteiger partial charge in [0.2, 0.25) is 11.8 Å². The molecule has 2 aromatic rings. The van der Waals surface area contributed by atoms with Gasteiger partial charge in [-0.05, 0) is 43.5 Å². The second kappa shape index (κ2) is 15.5. The van der Waals surface area contributed by atoms with E-state index in [0.717, 1.165) is 0 Å². The summed E-state index contributed by atoms with van der Waals surface area (Å²) in [6.45, 7) is -0.607. The number of nitrogens with one attached hydrogen (secondary N) is 3. The lowest BCUT2D eigenvalue weighted by molar-refractivity contribution is -0.145. The third-order valence-corrected chi connectivity index (χ3v) is 5.44. The quantitative estimate of drug-likeness (QED) is 0.146. The van der Waals surface area contributed by atoms with E-state index < -0.39 is 73.7 Å². The number of aryl methyl sites for hydroxylation is 1. The fourth-order valence-corrected chi connectivity index (χ4v) is 3.37. The first-order valence-electron chi connectivity index (χ1n) is 12.1. The number of carbonyl (C=O) groups excluding carboxylic acids is 3. The van der Waals surface area contributed by atoms with Crippen molar-refractivity contribution < 1.29 is 48.5 Å². The Balaban J connectivity index is 1.82. The maximum Gasteiger partial charge on any atom is 0.326 e. The molecule has 1 heterocycles. The fourth-order valence-electron chi connectivity index (χ4n) is 3.37. The van der Waals surface area contributed by atoms with Crippen molar-refractivity contribution in [2.45, 2.75) is 50.6 Å². The van der Waals surface area contributed by atoms with Crippen LogP contribution in [0, 0.1) is 0 Å². The molecule has 0 spiro atoms. The molecule has 2 atom stereocenters. The molecule has 2 unspecified atom stereocenters. The van der Waals surface area contributed by atoms with Crippen LogP contribution in [0.5, 0.6) is 0 Å². The highest BCUT2D eigenvalue weighted by atomic mass is 19.1. The van der Waals surface area contributed by atoms with Crippen LogP contribution in [0.3, 0.4) is 0 Å². The van der Waals surface area contributed by atoms with Crippen LogP contribution in [0.4, 0.5) is 4.39 Å². The number of rotatable bonds is 17. The molecule has 15 nitrogen and oxygen atoms in total. The summed E-state index contributed by atoms with van der Waals surface area (Å²) >= 11 is 0. The van der Waals surface area contributed by atoms with Gasteiger partial charge in [0.05, 0.1) is 30.7 Å². The van der Waals surface area contributed by atoms with Gasteiger partial charge in [-0.2, -0.15) is 0 Å². The van der Waals surface area contributed by atoms with Crippen LogP contribution in [-0.4, -0.2) is 91.2 Å². The molecule has 0 radical (unpaired) electrons. The number of carboxylic acid groups (broad SMARTS) is 3. The average Bonchev–Trinajstić information content (AvgIpc) is 3.38. The van der Waals surface area contributed by atoms with E-state index in [9.17, 15) is 38.3 Å². The molecule has 3 amide bonds. The van der Waals surface area contributed by atoms with Crippen LogP contribution in [0.1, 0.15) is 48.2 Å². The molecule has 1 aromatic carbocycles. The van der Waals surface area contributed by atoms with Crippen molar-refractivity contribution in [1.82, 2.24) is 30.9 Å². The Bertz CT molecular complexity index is 1220. The van der Waals surface area contributed by atoms with Gasteiger partial charge in [-0.25, -0.2) is 14.3 Å². The number of nitrogens with zero attached hydrogens (tertiary/aromatic N) is 3. The fraction of sp³-hybridized carbons (Fsp3) is 0.417. The molecule has 0 saturated heterocycles. The van der Waals surface area contributed by atoms with Crippen LogP contribution in [-0.2, 0) is 30.4 Å². The Morgan fingerprint density at radius 3 is 2.15 bits per heavy atom. The van der Waals surface area contributed by atoms with Crippen LogP contribution < -0.4 is 16.0 Å². The maximum absolute atomic E-state index is 12.4. The van der Waals surface area contributed by atoms with Gasteiger partial charge in [-0.1, -0.05) is 5.21 Å². The largest absolute Gasteiger partial charge is 0.481 e. The second-order valence-electron chi connectivity index (χ2n) is 8.55. The van der Waals surface area contributed by atoms with Gasteiger partial charge >= 0.3 is 17.9 Å². The maximum atomic E-state index is 12.4. The number of carboxylic acids is 3. The number of halogens is 1. The Labute approximate surface area is 226 Å². The summed E-state index contributed by atoms with van der Waals surface area (Å²) in [5.41, 5.74) is 1.52. The zero-order valence-electron chi connectivity index (χ0n) is 21.2. The van der Waals surface area contributed by atoms with Gasteiger partial charge in [0.1, 0.15) is 12.1 Å². The molecule has 6 N–H and O–H groups in total. The van der Waals surface area contributed by atoms with Gasteiger partial charge < -0.3 is 31.3 Å². The summed E-state index contributed by atoms with van der Waals surface area (Å²) in [6, 6.07) is 3.06. The van der Waals surface area contributed by atoms with Crippen molar-refractivity contribution >= 4 is 35.6 Å². The van der Waals surface area contributed by atoms with E-state index in [1.54, 1.807) is 18.3 Å². The number of amides is 3. The highest BCUT2D eigenvalue weighted by Crippen LogP contribution is 2.10. The van der Waals surface area contributed by atoms with Crippen molar-refractivity contribution in [2.75, 3.05) is 13.2 Å². The monoisotopic (exact) mass is 564 g/mol. The Morgan fingerprint density at radius 2 is 1.55 bits per heavy atom. The molecule has 0 aliphatic heterocycles. The molecule has 0 aliphatic carbocycles. The average molecular weight is 565 g/mol. The van der Waals surface area contributed by atoms with Crippen LogP contribution in [0.2, 0.25) is 0 Å². The predicted octanol–water partition coefficient (Wildman–Crippen LogP) is -0.317. The number of hydrogen-bond acceptors (Lipinski definition) is 8. The van der Waals surface area contributed by atoms with Crippen molar-refractivity contribution in [3.05, 3.63) is 41.7 Å². The van der Waals surface area contributed by atoms with E-state index in [4.69, 9.17) is 10.2 Å². The van der Waals surface area contributed by atoms with Crippen molar-refractivity contribution in [1.29, 1.82) is 0 Å². The smallest absolute Gasteiger partial charge is 0.326 e. The molecule has 1 aromatic heterocycles. The van der Waals surface area contributed by atoms with Crippen LogP contribution >= 0.6 is 0 Å². The zero-order chi connectivity index (χ0) is 29.7. The summed E-state index contributed by atoms with van der Waals surface area (Å²) in [6.07, 6.45) is 0.396. The minimum absolute atomic E-state index is 0.151. The second-order valence-corrected chi connectivity index (χ2v) is 8.55. The van der Waals surface area contributed by atoms with E-state index in [-0.39, 0.29) is 18.5 Å². The third-order valence-electron chi connectivity index (χ3n) is 5.44.